The van der Waals surface area contributed by atoms with Gasteiger partial charge in [-0.1, -0.05) is 6.07 Å². The minimum Gasteiger partial charge on any atom is -0.541 e. The molecule has 20 heavy (non-hydrogen) atoms. The third-order valence-electron chi connectivity index (χ3n) is 2.58. The number of aromatic nitrogens is 2. The second-order valence-corrected chi connectivity index (χ2v) is 6.71. The van der Waals surface area contributed by atoms with E-state index >= 15 is 0 Å². The van der Waals surface area contributed by atoms with Gasteiger partial charge in [0.1, 0.15) is 11.4 Å². The van der Waals surface area contributed by atoms with Crippen molar-refractivity contribution in [2.24, 2.45) is 4.99 Å². The Labute approximate surface area is 121 Å². The van der Waals surface area contributed by atoms with Crippen LogP contribution < -0.4 is 4.43 Å². The van der Waals surface area contributed by atoms with Crippen LogP contribution in [0.2, 0.25) is 13.1 Å². The lowest BCUT2D eigenvalue weighted by molar-refractivity contribution is 0.581. The van der Waals surface area contributed by atoms with Gasteiger partial charge in [-0.2, -0.15) is 0 Å². The molecule has 103 valence electrons. The summed E-state index contributed by atoms with van der Waals surface area (Å²) in [6.07, 6.45) is 7.61. The monoisotopic (exact) mass is 284 g/mol. The molecule has 2 rings (SSSR count). The van der Waals surface area contributed by atoms with Crippen LogP contribution in [0.15, 0.2) is 41.8 Å². The Morgan fingerprint density at radius 1 is 1.30 bits per heavy atom. The first-order valence-corrected chi connectivity index (χ1v) is 8.92. The molecular formula is C15H18N3OSi. The number of rotatable bonds is 5. The summed E-state index contributed by atoms with van der Waals surface area (Å²) in [5.41, 5.74) is 2.95. The van der Waals surface area contributed by atoms with E-state index in [1.807, 2.05) is 24.4 Å². The van der Waals surface area contributed by atoms with E-state index in [-0.39, 0.29) is 0 Å². The molecule has 0 aliphatic rings. The van der Waals surface area contributed by atoms with Gasteiger partial charge in [-0.3, -0.25) is 15.0 Å². The zero-order valence-electron chi connectivity index (χ0n) is 12.0. The Kier molecular flexibility index (Phi) is 5.01. The van der Waals surface area contributed by atoms with Crippen LogP contribution in [-0.4, -0.2) is 25.2 Å². The predicted octanol–water partition coefficient (Wildman–Crippen LogP) is 3.36. The number of hydrogen-bond acceptors (Lipinski definition) is 4. The molecule has 0 bridgehead atoms. The van der Waals surface area contributed by atoms with Gasteiger partial charge in [0.05, 0.1) is 5.69 Å². The fourth-order valence-electron chi connectivity index (χ4n) is 1.70. The number of aryl methyl sites for hydroxylation is 1. The van der Waals surface area contributed by atoms with Gasteiger partial charge >= 0.3 is 0 Å². The summed E-state index contributed by atoms with van der Waals surface area (Å²) in [5, 5.41) is 0. The van der Waals surface area contributed by atoms with Gasteiger partial charge in [0.15, 0.2) is 0 Å². The van der Waals surface area contributed by atoms with Gasteiger partial charge in [-0.25, -0.2) is 0 Å². The summed E-state index contributed by atoms with van der Waals surface area (Å²) in [7, 11) is -0.798. The van der Waals surface area contributed by atoms with Crippen molar-refractivity contribution in [2.45, 2.75) is 26.4 Å². The van der Waals surface area contributed by atoms with Gasteiger partial charge in [0.2, 0.25) is 0 Å². The van der Waals surface area contributed by atoms with E-state index < -0.39 is 9.04 Å². The van der Waals surface area contributed by atoms with Gasteiger partial charge in [0, 0.05) is 31.2 Å². The molecule has 2 aromatic rings. The molecule has 0 amide bonds. The molecule has 1 heterocycles. The molecule has 0 saturated carbocycles. The quantitative estimate of drug-likeness (QED) is 0.625. The lowest BCUT2D eigenvalue weighted by Gasteiger charge is -2.11. The summed E-state index contributed by atoms with van der Waals surface area (Å²) < 4.78 is 5.89. The molecule has 0 atom stereocenters. The molecule has 0 N–H and O–H groups in total. The summed E-state index contributed by atoms with van der Waals surface area (Å²) in [6, 6.07) is 6.06. The fourth-order valence-corrected chi connectivity index (χ4v) is 2.31. The van der Waals surface area contributed by atoms with Crippen molar-refractivity contribution >= 4 is 20.9 Å². The minimum atomic E-state index is -0.798. The molecule has 0 unspecified atom stereocenters. The average molecular weight is 284 g/mol. The SMILES string of the molecule is Cc1ccc(N=CCc2cnccn2)c(O[Si](C)C)c1. The maximum atomic E-state index is 5.89. The third kappa shape index (κ3) is 4.27. The molecule has 0 spiro atoms. The number of hydrogen-bond donors (Lipinski definition) is 0. The van der Waals surface area contributed by atoms with Crippen LogP contribution >= 0.6 is 0 Å². The van der Waals surface area contributed by atoms with E-state index in [9.17, 15) is 0 Å². The van der Waals surface area contributed by atoms with Crippen molar-refractivity contribution in [1.29, 1.82) is 0 Å². The second-order valence-electron chi connectivity index (χ2n) is 4.69. The Morgan fingerprint density at radius 3 is 2.85 bits per heavy atom. The van der Waals surface area contributed by atoms with Crippen LogP contribution in [-0.2, 0) is 6.42 Å². The maximum Gasteiger partial charge on any atom is 0.274 e. The summed E-state index contributed by atoms with van der Waals surface area (Å²) in [6.45, 7) is 6.28. The highest BCUT2D eigenvalue weighted by atomic mass is 28.3. The Bertz CT molecular complexity index is 585. The highest BCUT2D eigenvalue weighted by Gasteiger charge is 2.06. The van der Waals surface area contributed by atoms with Gasteiger partial charge in [0.25, 0.3) is 9.04 Å². The minimum absolute atomic E-state index is 0.664. The Hall–Kier alpha value is -2.01. The molecule has 0 fully saturated rings. The normalized spacial score (nSPS) is 11.2. The van der Waals surface area contributed by atoms with Crippen LogP contribution in [0.1, 0.15) is 11.3 Å². The third-order valence-corrected chi connectivity index (χ3v) is 3.21. The van der Waals surface area contributed by atoms with Crippen LogP contribution in [0.3, 0.4) is 0 Å². The van der Waals surface area contributed by atoms with E-state index in [1.54, 1.807) is 18.6 Å². The first kappa shape index (κ1) is 14.4. The molecule has 1 aromatic carbocycles. The number of nitrogens with zero attached hydrogens (tertiary/aromatic N) is 3. The molecule has 0 aliphatic heterocycles. The maximum absolute atomic E-state index is 5.89. The Balaban J connectivity index is 2.12. The van der Waals surface area contributed by atoms with Crippen molar-refractivity contribution in [2.75, 3.05) is 0 Å². The summed E-state index contributed by atoms with van der Waals surface area (Å²) >= 11 is 0. The zero-order chi connectivity index (χ0) is 14.4. The standard InChI is InChI=1S/C15H18N3OSi/c1-12-4-5-14(15(10-12)19-20(2)3)18-7-6-13-11-16-8-9-17-13/h4-5,7-11H,6H2,1-3H3. The van der Waals surface area contributed by atoms with Crippen molar-refractivity contribution in [3.8, 4) is 5.75 Å². The van der Waals surface area contributed by atoms with Crippen LogP contribution in [0.4, 0.5) is 5.69 Å². The number of aliphatic imine (C=N–C) groups is 1. The summed E-state index contributed by atoms with van der Waals surface area (Å²) in [5.74, 6) is 0.860. The van der Waals surface area contributed by atoms with Crippen LogP contribution in [0.5, 0.6) is 5.75 Å². The fraction of sp³-hybridized carbons (Fsp3) is 0.267. The molecule has 4 nitrogen and oxygen atoms in total. The van der Waals surface area contributed by atoms with E-state index in [0.29, 0.717) is 6.42 Å². The highest BCUT2D eigenvalue weighted by Crippen LogP contribution is 2.28. The summed E-state index contributed by atoms with van der Waals surface area (Å²) in [4.78, 5) is 12.7. The smallest absolute Gasteiger partial charge is 0.274 e. The van der Waals surface area contributed by atoms with E-state index in [2.05, 4.69) is 35.0 Å². The molecule has 0 aliphatic carbocycles. The lowest BCUT2D eigenvalue weighted by Crippen LogP contribution is -2.11. The lowest BCUT2D eigenvalue weighted by atomic mass is 10.2. The molecule has 1 aromatic heterocycles. The first-order valence-electron chi connectivity index (χ1n) is 6.51. The van der Waals surface area contributed by atoms with Crippen LogP contribution in [0.25, 0.3) is 0 Å². The number of benzene rings is 1. The van der Waals surface area contributed by atoms with Crippen molar-refractivity contribution in [3.05, 3.63) is 48.0 Å². The average Bonchev–Trinajstić information content (AvgIpc) is 2.42. The topological polar surface area (TPSA) is 47.4 Å². The largest absolute Gasteiger partial charge is 0.541 e. The molecule has 1 radical (unpaired) electrons. The van der Waals surface area contributed by atoms with Gasteiger partial charge in [-0.05, 0) is 37.7 Å². The molecule has 0 saturated heterocycles. The zero-order valence-corrected chi connectivity index (χ0v) is 13.0. The van der Waals surface area contributed by atoms with Crippen molar-refractivity contribution in [3.63, 3.8) is 0 Å². The van der Waals surface area contributed by atoms with E-state index in [0.717, 1.165) is 17.1 Å². The van der Waals surface area contributed by atoms with E-state index in [4.69, 9.17) is 4.43 Å². The van der Waals surface area contributed by atoms with Crippen molar-refractivity contribution in [1.82, 2.24) is 9.97 Å². The van der Waals surface area contributed by atoms with E-state index in [1.165, 1.54) is 5.56 Å². The van der Waals surface area contributed by atoms with Crippen LogP contribution in [0, 0.1) is 6.92 Å². The van der Waals surface area contributed by atoms with Gasteiger partial charge in [-0.15, -0.1) is 0 Å². The molecular weight excluding hydrogens is 266 g/mol. The first-order chi connectivity index (χ1) is 9.65. The highest BCUT2D eigenvalue weighted by molar-refractivity contribution is 6.49. The van der Waals surface area contributed by atoms with Crippen molar-refractivity contribution < 1.29 is 4.43 Å². The molecule has 5 heteroatoms. The Morgan fingerprint density at radius 2 is 2.15 bits per heavy atom. The predicted molar refractivity (Wildman–Crippen MR) is 83.2 cm³/mol. The second kappa shape index (κ2) is 6.95. The van der Waals surface area contributed by atoms with Gasteiger partial charge < -0.3 is 4.43 Å².